The van der Waals surface area contributed by atoms with Gasteiger partial charge in [0, 0.05) is 48.9 Å². The number of piperidine rings is 1. The number of rotatable bonds is 5. The molecule has 0 bridgehead atoms. The van der Waals surface area contributed by atoms with Crippen molar-refractivity contribution in [3.05, 3.63) is 35.0 Å². The van der Waals surface area contributed by atoms with Crippen LogP contribution in [0.5, 0.6) is 0 Å². The molecule has 1 saturated heterocycles. The maximum atomic E-state index is 12.6. The van der Waals surface area contributed by atoms with E-state index < -0.39 is 6.10 Å². The molecular weight excluding hydrogens is 380 g/mol. The smallest absolute Gasteiger partial charge is 0.317 e. The molecule has 28 heavy (non-hydrogen) atoms. The number of fused-ring (bicyclic) bond motifs is 1. The molecule has 1 aliphatic rings. The monoisotopic (exact) mass is 406 g/mol. The number of benzene rings is 1. The molecule has 7 nitrogen and oxygen atoms in total. The Labute approximate surface area is 170 Å². The van der Waals surface area contributed by atoms with Crippen molar-refractivity contribution in [1.29, 1.82) is 0 Å². The van der Waals surface area contributed by atoms with Crippen LogP contribution in [0.2, 0.25) is 5.02 Å². The number of likely N-dealkylation sites (tertiary alicyclic amines) is 1. The number of halogens is 1. The van der Waals surface area contributed by atoms with Crippen LogP contribution >= 0.6 is 11.6 Å². The van der Waals surface area contributed by atoms with Crippen LogP contribution in [0.25, 0.3) is 10.9 Å². The van der Waals surface area contributed by atoms with E-state index in [1.165, 1.54) is 7.11 Å². The van der Waals surface area contributed by atoms with Crippen molar-refractivity contribution in [2.75, 3.05) is 27.2 Å². The predicted octanol–water partition coefficient (Wildman–Crippen LogP) is 2.99. The minimum atomic E-state index is -0.464. The van der Waals surface area contributed by atoms with Crippen LogP contribution in [0.1, 0.15) is 25.5 Å². The highest BCUT2D eigenvalue weighted by Crippen LogP contribution is 2.20. The number of H-pyrrole nitrogens is 1. The number of aromatic nitrogens is 1. The molecule has 1 aromatic carbocycles. The molecule has 0 radical (unpaired) electrons. The number of hydrogen-bond donors (Lipinski definition) is 2. The van der Waals surface area contributed by atoms with E-state index in [1.54, 1.807) is 23.8 Å². The molecule has 2 atom stereocenters. The molecule has 2 N–H and O–H groups in total. The number of methoxy groups -OCH3 is 1. The SMILES string of the molecule is COC(C)C(=O)N1CCC[C@@H](N(C)C(=O)NCc2cc3cc(Cl)ccc3[nH]2)C1. The van der Waals surface area contributed by atoms with Gasteiger partial charge in [-0.25, -0.2) is 4.79 Å². The number of ether oxygens (including phenoxy) is 1. The largest absolute Gasteiger partial charge is 0.372 e. The first-order chi connectivity index (χ1) is 13.4. The molecule has 3 rings (SSSR count). The zero-order valence-electron chi connectivity index (χ0n) is 16.5. The van der Waals surface area contributed by atoms with Gasteiger partial charge in [-0.2, -0.15) is 0 Å². The van der Waals surface area contributed by atoms with Crippen LogP contribution < -0.4 is 5.32 Å². The fraction of sp³-hybridized carbons (Fsp3) is 0.500. The average Bonchev–Trinajstić information content (AvgIpc) is 3.12. The van der Waals surface area contributed by atoms with Gasteiger partial charge >= 0.3 is 6.03 Å². The van der Waals surface area contributed by atoms with Crippen molar-refractivity contribution >= 4 is 34.4 Å². The van der Waals surface area contributed by atoms with Gasteiger partial charge in [0.2, 0.25) is 0 Å². The number of hydrogen-bond acceptors (Lipinski definition) is 3. The van der Waals surface area contributed by atoms with Crippen molar-refractivity contribution < 1.29 is 14.3 Å². The number of carbonyl (C=O) groups excluding carboxylic acids is 2. The van der Waals surface area contributed by atoms with Crippen molar-refractivity contribution in [2.45, 2.75) is 38.5 Å². The number of nitrogens with zero attached hydrogens (tertiary/aromatic N) is 2. The Morgan fingerprint density at radius 2 is 2.21 bits per heavy atom. The molecule has 0 saturated carbocycles. The van der Waals surface area contributed by atoms with E-state index in [2.05, 4.69) is 10.3 Å². The highest BCUT2D eigenvalue weighted by atomic mass is 35.5. The quantitative estimate of drug-likeness (QED) is 0.801. The normalized spacial score (nSPS) is 18.1. The summed E-state index contributed by atoms with van der Waals surface area (Å²) < 4.78 is 5.13. The molecule has 2 aromatic rings. The molecule has 1 fully saturated rings. The van der Waals surface area contributed by atoms with Crippen LogP contribution in [-0.2, 0) is 16.1 Å². The van der Waals surface area contributed by atoms with Crippen molar-refractivity contribution in [2.24, 2.45) is 0 Å². The van der Waals surface area contributed by atoms with Gasteiger partial charge in [0.15, 0.2) is 0 Å². The second-order valence-electron chi connectivity index (χ2n) is 7.25. The summed E-state index contributed by atoms with van der Waals surface area (Å²) in [7, 11) is 3.31. The molecule has 1 unspecified atom stereocenters. The second-order valence-corrected chi connectivity index (χ2v) is 7.69. The van der Waals surface area contributed by atoms with Gasteiger partial charge in [-0.3, -0.25) is 4.79 Å². The topological polar surface area (TPSA) is 77.7 Å². The number of likely N-dealkylation sites (N-methyl/N-ethyl adjacent to an activating group) is 1. The van der Waals surface area contributed by atoms with Crippen LogP contribution in [0.15, 0.2) is 24.3 Å². The number of amides is 3. The van der Waals surface area contributed by atoms with E-state index in [1.807, 2.05) is 24.3 Å². The van der Waals surface area contributed by atoms with Gasteiger partial charge in [-0.15, -0.1) is 0 Å². The van der Waals surface area contributed by atoms with E-state index in [9.17, 15) is 9.59 Å². The van der Waals surface area contributed by atoms with Crippen LogP contribution in [0.3, 0.4) is 0 Å². The third-order valence-electron chi connectivity index (χ3n) is 5.35. The van der Waals surface area contributed by atoms with Gasteiger partial charge in [0.25, 0.3) is 5.91 Å². The zero-order valence-corrected chi connectivity index (χ0v) is 17.3. The Kier molecular flexibility index (Phi) is 6.46. The van der Waals surface area contributed by atoms with Crippen molar-refractivity contribution in [3.63, 3.8) is 0 Å². The van der Waals surface area contributed by atoms with Gasteiger partial charge in [-0.05, 0) is 44.0 Å². The van der Waals surface area contributed by atoms with E-state index in [-0.39, 0.29) is 18.0 Å². The number of aromatic amines is 1. The summed E-state index contributed by atoms with van der Waals surface area (Å²) in [5.41, 5.74) is 1.89. The third-order valence-corrected chi connectivity index (χ3v) is 5.58. The standard InChI is InChI=1S/C20H27ClN4O3/c1-13(28-3)19(26)25-8-4-5-17(12-25)24(2)20(27)22-11-16-10-14-9-15(21)6-7-18(14)23-16/h6-7,9-10,13,17,23H,4-5,8,11-12H2,1-3H3,(H,22,27)/t13?,17-/m1/s1. The van der Waals surface area contributed by atoms with Crippen LogP contribution in [0, 0.1) is 0 Å². The lowest BCUT2D eigenvalue weighted by Crippen LogP contribution is -2.54. The van der Waals surface area contributed by atoms with Gasteiger partial charge < -0.3 is 24.8 Å². The molecule has 1 aromatic heterocycles. The lowest BCUT2D eigenvalue weighted by molar-refractivity contribution is -0.142. The lowest BCUT2D eigenvalue weighted by atomic mass is 10.0. The fourth-order valence-electron chi connectivity index (χ4n) is 3.55. The van der Waals surface area contributed by atoms with Gasteiger partial charge in [-0.1, -0.05) is 11.6 Å². The van der Waals surface area contributed by atoms with Crippen LogP contribution in [-0.4, -0.2) is 66.1 Å². The fourth-order valence-corrected chi connectivity index (χ4v) is 3.73. The van der Waals surface area contributed by atoms with E-state index in [0.29, 0.717) is 24.7 Å². The molecule has 0 aliphatic carbocycles. The Balaban J connectivity index is 1.56. The molecule has 0 spiro atoms. The summed E-state index contributed by atoms with van der Waals surface area (Å²) in [6.45, 7) is 3.37. The van der Waals surface area contributed by atoms with E-state index >= 15 is 0 Å². The third kappa shape index (κ3) is 4.59. The van der Waals surface area contributed by atoms with E-state index in [0.717, 1.165) is 29.4 Å². The second kappa shape index (κ2) is 8.84. The Bertz CT molecular complexity index is 853. The van der Waals surface area contributed by atoms with Crippen molar-refractivity contribution in [1.82, 2.24) is 20.1 Å². The number of urea groups is 1. The first kappa shape index (κ1) is 20.5. The lowest BCUT2D eigenvalue weighted by Gasteiger charge is -2.38. The molecule has 2 heterocycles. The molecule has 152 valence electrons. The van der Waals surface area contributed by atoms with Crippen molar-refractivity contribution in [3.8, 4) is 0 Å². The summed E-state index contributed by atoms with van der Waals surface area (Å²) in [6, 6.07) is 7.45. The maximum absolute atomic E-state index is 12.6. The highest BCUT2D eigenvalue weighted by molar-refractivity contribution is 6.31. The minimum absolute atomic E-state index is 0.0109. The van der Waals surface area contributed by atoms with Gasteiger partial charge in [0.05, 0.1) is 12.6 Å². The zero-order chi connectivity index (χ0) is 20.3. The predicted molar refractivity (Wildman–Crippen MR) is 109 cm³/mol. The van der Waals surface area contributed by atoms with Gasteiger partial charge in [0.1, 0.15) is 6.10 Å². The first-order valence-corrected chi connectivity index (χ1v) is 9.86. The summed E-state index contributed by atoms with van der Waals surface area (Å²) in [5, 5.41) is 4.64. The highest BCUT2D eigenvalue weighted by Gasteiger charge is 2.30. The van der Waals surface area contributed by atoms with Crippen LogP contribution in [0.4, 0.5) is 4.79 Å². The Hall–Kier alpha value is -2.25. The average molecular weight is 407 g/mol. The first-order valence-electron chi connectivity index (χ1n) is 9.48. The van der Waals surface area contributed by atoms with E-state index in [4.69, 9.17) is 16.3 Å². The Morgan fingerprint density at radius 1 is 1.43 bits per heavy atom. The summed E-state index contributed by atoms with van der Waals surface area (Å²) in [5.74, 6) is -0.0299. The minimum Gasteiger partial charge on any atom is -0.372 e. The number of nitrogens with one attached hydrogen (secondary N) is 2. The Morgan fingerprint density at radius 3 is 2.96 bits per heavy atom. The number of carbonyl (C=O) groups is 2. The molecule has 1 aliphatic heterocycles. The molecule has 8 heteroatoms. The molecule has 3 amide bonds. The summed E-state index contributed by atoms with van der Waals surface area (Å²) in [4.78, 5) is 31.7. The maximum Gasteiger partial charge on any atom is 0.317 e. The summed E-state index contributed by atoms with van der Waals surface area (Å²) in [6.07, 6.45) is 1.28. The summed E-state index contributed by atoms with van der Waals surface area (Å²) >= 11 is 6.02. The molecular formula is C20H27ClN4O3.